The second-order valence-electron chi connectivity index (χ2n) is 5.37. The molecule has 0 atom stereocenters. The van der Waals surface area contributed by atoms with Gasteiger partial charge in [0.2, 0.25) is 0 Å². The molecule has 2 rings (SSSR count). The van der Waals surface area contributed by atoms with E-state index in [0.717, 1.165) is 12.8 Å². The first-order valence-corrected chi connectivity index (χ1v) is 7.59. The summed E-state index contributed by atoms with van der Waals surface area (Å²) in [4.78, 5) is 62.6. The third-order valence-corrected chi connectivity index (χ3v) is 3.61. The van der Waals surface area contributed by atoms with Crippen molar-refractivity contribution in [1.29, 1.82) is 0 Å². The molecule has 0 saturated carbocycles. The van der Waals surface area contributed by atoms with E-state index in [-0.39, 0.29) is 31.1 Å². The van der Waals surface area contributed by atoms with E-state index >= 15 is 0 Å². The summed E-state index contributed by atoms with van der Waals surface area (Å²) in [5.74, 6) is -2.17. The van der Waals surface area contributed by atoms with Crippen LogP contribution in [0.15, 0.2) is 12.2 Å². The molecule has 0 spiro atoms. The SMILES string of the molecule is O=C(CCCCCCN1C(=O)C=CC1=O)ON1C(=O)CCC1=O. The molecule has 124 valence electrons. The summed E-state index contributed by atoms with van der Waals surface area (Å²) in [5.41, 5.74) is 0. The molecule has 0 radical (unpaired) electrons. The van der Waals surface area contributed by atoms with Crippen LogP contribution in [0.3, 0.4) is 0 Å². The normalized spacial score (nSPS) is 17.6. The molecule has 0 aliphatic carbocycles. The molecule has 0 aromatic heterocycles. The van der Waals surface area contributed by atoms with Crippen molar-refractivity contribution in [2.45, 2.75) is 44.9 Å². The molecule has 8 heteroatoms. The van der Waals surface area contributed by atoms with Gasteiger partial charge in [0.15, 0.2) is 0 Å². The van der Waals surface area contributed by atoms with Crippen LogP contribution in [0.2, 0.25) is 0 Å². The first-order chi connectivity index (χ1) is 11.0. The van der Waals surface area contributed by atoms with E-state index in [0.29, 0.717) is 24.4 Å². The van der Waals surface area contributed by atoms with E-state index in [2.05, 4.69) is 0 Å². The number of carbonyl (C=O) groups excluding carboxylic acids is 5. The zero-order chi connectivity index (χ0) is 16.8. The maximum absolute atomic E-state index is 11.5. The van der Waals surface area contributed by atoms with Gasteiger partial charge in [0.1, 0.15) is 0 Å². The zero-order valence-corrected chi connectivity index (χ0v) is 12.7. The van der Waals surface area contributed by atoms with E-state index in [1.807, 2.05) is 0 Å². The number of carbonyl (C=O) groups is 5. The monoisotopic (exact) mass is 322 g/mol. The Morgan fingerprint density at radius 3 is 2.09 bits per heavy atom. The van der Waals surface area contributed by atoms with Crippen molar-refractivity contribution in [2.75, 3.05) is 6.54 Å². The minimum absolute atomic E-state index is 0.0783. The molecule has 1 saturated heterocycles. The Labute approximate surface area is 133 Å². The van der Waals surface area contributed by atoms with Crippen LogP contribution in [0, 0.1) is 0 Å². The Morgan fingerprint density at radius 2 is 1.48 bits per heavy atom. The van der Waals surface area contributed by atoms with Crippen molar-refractivity contribution >= 4 is 29.6 Å². The van der Waals surface area contributed by atoms with Crippen LogP contribution >= 0.6 is 0 Å². The van der Waals surface area contributed by atoms with Gasteiger partial charge in [-0.15, -0.1) is 5.06 Å². The average Bonchev–Trinajstić information content (AvgIpc) is 3.00. The maximum atomic E-state index is 11.5. The zero-order valence-electron chi connectivity index (χ0n) is 12.7. The second-order valence-corrected chi connectivity index (χ2v) is 5.37. The van der Waals surface area contributed by atoms with Gasteiger partial charge in [-0.05, 0) is 12.8 Å². The van der Waals surface area contributed by atoms with E-state index < -0.39 is 17.8 Å². The summed E-state index contributed by atoms with van der Waals surface area (Å²) in [7, 11) is 0. The van der Waals surface area contributed by atoms with Crippen LogP contribution in [-0.4, -0.2) is 46.1 Å². The molecular formula is C15H18N2O6. The largest absolute Gasteiger partial charge is 0.333 e. The number of hydrogen-bond acceptors (Lipinski definition) is 6. The van der Waals surface area contributed by atoms with Crippen LogP contribution in [0.25, 0.3) is 0 Å². The van der Waals surface area contributed by atoms with Gasteiger partial charge in [-0.2, -0.15) is 0 Å². The summed E-state index contributed by atoms with van der Waals surface area (Å²) in [5, 5.41) is 0.542. The summed E-state index contributed by atoms with van der Waals surface area (Å²) in [6.45, 7) is 0.367. The second kappa shape index (κ2) is 7.66. The van der Waals surface area contributed by atoms with Gasteiger partial charge in [-0.3, -0.25) is 24.1 Å². The van der Waals surface area contributed by atoms with Gasteiger partial charge in [-0.25, -0.2) is 4.79 Å². The lowest BCUT2D eigenvalue weighted by Crippen LogP contribution is -2.32. The maximum Gasteiger partial charge on any atom is 0.333 e. The van der Waals surface area contributed by atoms with Crippen molar-refractivity contribution in [3.05, 3.63) is 12.2 Å². The lowest BCUT2D eigenvalue weighted by atomic mass is 10.1. The topological polar surface area (TPSA) is 101 Å². The fourth-order valence-corrected chi connectivity index (χ4v) is 2.35. The van der Waals surface area contributed by atoms with Crippen molar-refractivity contribution in [3.63, 3.8) is 0 Å². The van der Waals surface area contributed by atoms with E-state index in [4.69, 9.17) is 4.84 Å². The molecule has 2 heterocycles. The van der Waals surface area contributed by atoms with Crippen molar-refractivity contribution in [3.8, 4) is 0 Å². The summed E-state index contributed by atoms with van der Waals surface area (Å²) >= 11 is 0. The number of imide groups is 2. The third kappa shape index (κ3) is 4.48. The molecule has 0 aromatic carbocycles. The average molecular weight is 322 g/mol. The predicted octanol–water partition coefficient (Wildman–Crippen LogP) is 0.469. The minimum atomic E-state index is -0.609. The Morgan fingerprint density at radius 1 is 0.913 bits per heavy atom. The van der Waals surface area contributed by atoms with Crippen LogP contribution < -0.4 is 0 Å². The van der Waals surface area contributed by atoms with Crippen LogP contribution in [0.5, 0.6) is 0 Å². The molecule has 4 amide bonds. The van der Waals surface area contributed by atoms with Crippen molar-refractivity contribution in [2.24, 2.45) is 0 Å². The standard InChI is InChI=1S/C15H18N2O6/c18-11-6-7-12(19)16(11)10-4-2-1-3-5-15(22)23-17-13(20)8-9-14(17)21/h6-7H,1-5,8-10H2. The molecule has 0 N–H and O–H groups in total. The minimum Gasteiger partial charge on any atom is -0.330 e. The number of amides is 4. The molecule has 23 heavy (non-hydrogen) atoms. The number of nitrogens with zero attached hydrogens (tertiary/aromatic N) is 2. The molecule has 0 aromatic rings. The van der Waals surface area contributed by atoms with Crippen LogP contribution in [0.1, 0.15) is 44.9 Å². The van der Waals surface area contributed by atoms with Gasteiger partial charge < -0.3 is 4.84 Å². The molecule has 0 bridgehead atoms. The Hall–Kier alpha value is -2.51. The Kier molecular flexibility index (Phi) is 5.61. The van der Waals surface area contributed by atoms with Gasteiger partial charge in [0, 0.05) is 38.0 Å². The predicted molar refractivity (Wildman–Crippen MR) is 76.1 cm³/mol. The van der Waals surface area contributed by atoms with Crippen LogP contribution in [-0.2, 0) is 28.8 Å². The summed E-state index contributed by atoms with van der Waals surface area (Å²) in [6.07, 6.45) is 5.46. The number of hydrogen-bond donors (Lipinski definition) is 0. The fourth-order valence-electron chi connectivity index (χ4n) is 2.35. The van der Waals surface area contributed by atoms with Gasteiger partial charge in [-0.1, -0.05) is 12.8 Å². The van der Waals surface area contributed by atoms with E-state index in [9.17, 15) is 24.0 Å². The Balaban J connectivity index is 1.54. The summed E-state index contributed by atoms with van der Waals surface area (Å²) in [6, 6.07) is 0. The van der Waals surface area contributed by atoms with Gasteiger partial charge in [0.05, 0.1) is 0 Å². The van der Waals surface area contributed by atoms with Gasteiger partial charge in [0.25, 0.3) is 23.6 Å². The fraction of sp³-hybridized carbons (Fsp3) is 0.533. The quantitative estimate of drug-likeness (QED) is 0.475. The lowest BCUT2D eigenvalue weighted by Gasteiger charge is -2.13. The van der Waals surface area contributed by atoms with E-state index in [1.165, 1.54) is 17.1 Å². The highest BCUT2D eigenvalue weighted by Gasteiger charge is 2.32. The number of hydroxylamine groups is 2. The number of rotatable bonds is 8. The highest BCUT2D eigenvalue weighted by atomic mass is 16.7. The van der Waals surface area contributed by atoms with Crippen molar-refractivity contribution < 1.29 is 28.8 Å². The third-order valence-electron chi connectivity index (χ3n) is 3.61. The molecule has 2 aliphatic heterocycles. The highest BCUT2D eigenvalue weighted by molar-refractivity contribution is 6.12. The first kappa shape index (κ1) is 16.9. The first-order valence-electron chi connectivity index (χ1n) is 7.59. The van der Waals surface area contributed by atoms with Crippen molar-refractivity contribution in [1.82, 2.24) is 9.96 Å². The smallest absolute Gasteiger partial charge is 0.330 e. The molecular weight excluding hydrogens is 304 g/mol. The Bertz CT molecular complexity index is 534. The molecule has 8 nitrogen and oxygen atoms in total. The molecule has 2 aliphatic rings. The van der Waals surface area contributed by atoms with Gasteiger partial charge >= 0.3 is 5.97 Å². The van der Waals surface area contributed by atoms with Crippen LogP contribution in [0.4, 0.5) is 0 Å². The van der Waals surface area contributed by atoms with E-state index in [1.54, 1.807) is 0 Å². The number of unbranched alkanes of at least 4 members (excludes halogenated alkanes) is 3. The summed E-state index contributed by atoms with van der Waals surface area (Å²) < 4.78 is 0. The molecule has 1 fully saturated rings. The molecule has 0 unspecified atom stereocenters. The lowest BCUT2D eigenvalue weighted by molar-refractivity contribution is -0.197. The highest BCUT2D eigenvalue weighted by Crippen LogP contribution is 2.14.